The molecule has 0 aliphatic carbocycles. The van der Waals surface area contributed by atoms with Gasteiger partial charge in [-0.2, -0.15) is 0 Å². The molecule has 0 amide bonds. The van der Waals surface area contributed by atoms with E-state index in [1.807, 2.05) is 60.7 Å². The first kappa shape index (κ1) is 17.8. The van der Waals surface area contributed by atoms with Gasteiger partial charge in [0.2, 0.25) is 5.90 Å². The zero-order valence-corrected chi connectivity index (χ0v) is 17.6. The largest absolute Gasteiger partial charge is 0.486 e. The van der Waals surface area contributed by atoms with Crippen LogP contribution in [0, 0.1) is 3.57 Å². The summed E-state index contributed by atoms with van der Waals surface area (Å²) in [7, 11) is 0. The molecule has 6 heteroatoms. The quantitative estimate of drug-likeness (QED) is 0.408. The van der Waals surface area contributed by atoms with Crippen molar-refractivity contribution in [1.29, 1.82) is 0 Å². The minimum atomic E-state index is -0.384. The van der Waals surface area contributed by atoms with E-state index in [0.717, 1.165) is 25.9 Å². The molecule has 0 spiro atoms. The van der Waals surface area contributed by atoms with E-state index in [0.29, 0.717) is 35.6 Å². The molecular formula is C22H15ClINO3. The number of rotatable bonds is 2. The Kier molecular flexibility index (Phi) is 4.64. The van der Waals surface area contributed by atoms with Crippen LogP contribution in [0.15, 0.2) is 65.7 Å². The van der Waals surface area contributed by atoms with Crippen LogP contribution in [-0.2, 0) is 4.74 Å². The average Bonchev–Trinajstić information content (AvgIpc) is 2.72. The summed E-state index contributed by atoms with van der Waals surface area (Å²) in [6.45, 7) is 1.06. The van der Waals surface area contributed by atoms with Gasteiger partial charge >= 0.3 is 0 Å². The Morgan fingerprint density at radius 2 is 1.68 bits per heavy atom. The van der Waals surface area contributed by atoms with Crippen molar-refractivity contribution in [3.8, 4) is 11.5 Å². The van der Waals surface area contributed by atoms with Crippen LogP contribution < -0.4 is 9.47 Å². The van der Waals surface area contributed by atoms with E-state index in [9.17, 15) is 0 Å². The molecule has 0 radical (unpaired) electrons. The minimum Gasteiger partial charge on any atom is -0.486 e. The Hall–Kier alpha value is -2.25. The van der Waals surface area contributed by atoms with Gasteiger partial charge in [0, 0.05) is 31.3 Å². The van der Waals surface area contributed by atoms with E-state index in [1.165, 1.54) is 0 Å². The summed E-state index contributed by atoms with van der Waals surface area (Å²) < 4.78 is 19.0. The van der Waals surface area contributed by atoms with Crippen LogP contribution in [0.5, 0.6) is 11.5 Å². The third-order valence-corrected chi connectivity index (χ3v) is 5.70. The van der Waals surface area contributed by atoms with Crippen molar-refractivity contribution < 1.29 is 14.2 Å². The fraction of sp³-hybridized carbons (Fsp3) is 0.136. The number of hydrogen-bond donors (Lipinski definition) is 0. The minimum absolute atomic E-state index is 0.384. The third kappa shape index (κ3) is 3.22. The van der Waals surface area contributed by atoms with Crippen LogP contribution in [0.4, 0.5) is 5.69 Å². The maximum absolute atomic E-state index is 6.51. The number of nitrogens with zero attached hydrogens (tertiary/aromatic N) is 1. The van der Waals surface area contributed by atoms with Crippen LogP contribution in [0.3, 0.4) is 0 Å². The molecule has 4 nitrogen and oxygen atoms in total. The van der Waals surface area contributed by atoms with Gasteiger partial charge in [0.1, 0.15) is 13.2 Å². The molecular weight excluding hydrogens is 489 g/mol. The second-order valence-electron chi connectivity index (χ2n) is 6.50. The molecule has 3 aromatic rings. The molecule has 0 aromatic heterocycles. The van der Waals surface area contributed by atoms with Gasteiger partial charge < -0.3 is 14.2 Å². The van der Waals surface area contributed by atoms with Crippen LogP contribution in [-0.4, -0.2) is 19.1 Å². The molecule has 0 fully saturated rings. The summed E-state index contributed by atoms with van der Waals surface area (Å²) in [4.78, 5) is 4.78. The molecule has 2 aliphatic heterocycles. The first-order valence-electron chi connectivity index (χ1n) is 8.88. The predicted molar refractivity (Wildman–Crippen MR) is 117 cm³/mol. The Bertz CT molecular complexity index is 1100. The highest BCUT2D eigenvalue weighted by Crippen LogP contribution is 2.46. The zero-order valence-electron chi connectivity index (χ0n) is 14.7. The maximum Gasteiger partial charge on any atom is 0.222 e. The van der Waals surface area contributed by atoms with Gasteiger partial charge in [-0.05, 0) is 52.9 Å². The summed E-state index contributed by atoms with van der Waals surface area (Å²) in [6.07, 6.45) is -0.384. The monoisotopic (exact) mass is 503 g/mol. The van der Waals surface area contributed by atoms with Gasteiger partial charge in [0.25, 0.3) is 0 Å². The fourth-order valence-corrected chi connectivity index (χ4v) is 4.16. The van der Waals surface area contributed by atoms with Gasteiger partial charge in [-0.15, -0.1) is 0 Å². The third-order valence-electron chi connectivity index (χ3n) is 4.68. The molecule has 28 heavy (non-hydrogen) atoms. The SMILES string of the molecule is Clc1ccccc1[C@@H]1OC(c2cccc(I)c2)=Nc2cc3c(cc21)OCCO3. The summed E-state index contributed by atoms with van der Waals surface area (Å²) in [5, 5.41) is 0.650. The van der Waals surface area contributed by atoms with Gasteiger partial charge in [-0.25, -0.2) is 4.99 Å². The number of halogens is 2. The second kappa shape index (κ2) is 7.29. The molecule has 3 aromatic carbocycles. The number of aliphatic imine (C=N–C) groups is 1. The molecule has 1 atom stereocenters. The molecule has 140 valence electrons. The van der Waals surface area contributed by atoms with E-state index in [2.05, 4.69) is 22.6 Å². The van der Waals surface area contributed by atoms with Crippen molar-refractivity contribution in [2.75, 3.05) is 13.2 Å². The first-order valence-corrected chi connectivity index (χ1v) is 10.3. The normalized spacial score (nSPS) is 17.4. The van der Waals surface area contributed by atoms with Crippen molar-refractivity contribution in [2.45, 2.75) is 6.10 Å². The summed E-state index contributed by atoms with van der Waals surface area (Å²) >= 11 is 8.79. The molecule has 2 heterocycles. The van der Waals surface area contributed by atoms with E-state index >= 15 is 0 Å². The van der Waals surface area contributed by atoms with Gasteiger partial charge in [-0.3, -0.25) is 0 Å². The van der Waals surface area contributed by atoms with E-state index in [-0.39, 0.29) is 6.10 Å². The first-order chi connectivity index (χ1) is 13.7. The molecule has 2 aliphatic rings. The Morgan fingerprint density at radius 3 is 2.46 bits per heavy atom. The van der Waals surface area contributed by atoms with E-state index < -0.39 is 0 Å². The smallest absolute Gasteiger partial charge is 0.222 e. The highest BCUT2D eigenvalue weighted by atomic mass is 127. The van der Waals surface area contributed by atoms with Crippen molar-refractivity contribution >= 4 is 45.8 Å². The number of ether oxygens (including phenoxy) is 3. The fourth-order valence-electron chi connectivity index (χ4n) is 3.38. The highest BCUT2D eigenvalue weighted by Gasteiger charge is 2.30. The molecule has 0 N–H and O–H groups in total. The van der Waals surface area contributed by atoms with E-state index in [4.69, 9.17) is 30.8 Å². The zero-order chi connectivity index (χ0) is 19.1. The van der Waals surface area contributed by atoms with Gasteiger partial charge in [-0.1, -0.05) is 35.9 Å². The molecule has 0 unspecified atom stereocenters. The molecule has 0 saturated heterocycles. The topological polar surface area (TPSA) is 40.0 Å². The lowest BCUT2D eigenvalue weighted by Gasteiger charge is -2.29. The van der Waals surface area contributed by atoms with Crippen molar-refractivity contribution in [3.05, 3.63) is 85.9 Å². The summed E-state index contributed by atoms with van der Waals surface area (Å²) in [5.74, 6) is 1.97. The number of fused-ring (bicyclic) bond motifs is 2. The van der Waals surface area contributed by atoms with Crippen molar-refractivity contribution in [1.82, 2.24) is 0 Å². The summed E-state index contributed by atoms with van der Waals surface area (Å²) in [6, 6.07) is 19.7. The van der Waals surface area contributed by atoms with E-state index in [1.54, 1.807) is 0 Å². The Balaban J connectivity index is 1.69. The summed E-state index contributed by atoms with van der Waals surface area (Å²) in [5.41, 5.74) is 3.52. The predicted octanol–water partition coefficient (Wildman–Crippen LogP) is 5.91. The van der Waals surface area contributed by atoms with Gasteiger partial charge in [0.05, 0.1) is 5.69 Å². The lowest BCUT2D eigenvalue weighted by molar-refractivity contribution is 0.170. The van der Waals surface area contributed by atoms with Crippen LogP contribution in [0.1, 0.15) is 22.8 Å². The van der Waals surface area contributed by atoms with Crippen LogP contribution >= 0.6 is 34.2 Å². The Morgan fingerprint density at radius 1 is 0.893 bits per heavy atom. The molecule has 0 saturated carbocycles. The molecule has 0 bridgehead atoms. The van der Waals surface area contributed by atoms with Crippen LogP contribution in [0.2, 0.25) is 5.02 Å². The van der Waals surface area contributed by atoms with Crippen molar-refractivity contribution in [2.24, 2.45) is 4.99 Å². The van der Waals surface area contributed by atoms with Gasteiger partial charge in [0.15, 0.2) is 17.6 Å². The Labute approximate surface area is 181 Å². The number of benzene rings is 3. The average molecular weight is 504 g/mol. The van der Waals surface area contributed by atoms with Crippen LogP contribution in [0.25, 0.3) is 0 Å². The molecule has 5 rings (SSSR count). The lowest BCUT2D eigenvalue weighted by atomic mass is 9.97. The van der Waals surface area contributed by atoms with Crippen molar-refractivity contribution in [3.63, 3.8) is 0 Å². The number of hydrogen-bond acceptors (Lipinski definition) is 4. The lowest BCUT2D eigenvalue weighted by Crippen LogP contribution is -2.20. The maximum atomic E-state index is 6.51. The highest BCUT2D eigenvalue weighted by molar-refractivity contribution is 14.1. The second-order valence-corrected chi connectivity index (χ2v) is 8.15. The standard InChI is InChI=1S/C22H15ClINO3/c23-17-7-2-1-6-15(17)21-16-11-19-20(27-9-8-26-19)12-18(16)25-22(28-21)13-4-3-5-14(24)10-13/h1-7,10-12,21H,8-9H2/t21-/m0/s1.